The minimum absolute atomic E-state index is 0.287. The van der Waals surface area contributed by atoms with E-state index in [2.05, 4.69) is 18.9 Å². The molecule has 2 heteroatoms. The fourth-order valence-corrected chi connectivity index (χ4v) is 2.86. The van der Waals surface area contributed by atoms with Gasteiger partial charge in [-0.3, -0.25) is 0 Å². The van der Waals surface area contributed by atoms with E-state index in [1.165, 1.54) is 89.9 Å². The minimum Gasteiger partial charge on any atom is -0.395 e. The van der Waals surface area contributed by atoms with Gasteiger partial charge in [0, 0.05) is 6.54 Å². The summed E-state index contributed by atoms with van der Waals surface area (Å²) < 4.78 is 0. The number of likely N-dealkylation sites (N-methyl/N-ethyl adjacent to an activating group) is 1. The number of hydrogen-bond donors (Lipinski definition) is 1. The van der Waals surface area contributed by atoms with Crippen molar-refractivity contribution in [1.29, 1.82) is 0 Å². The van der Waals surface area contributed by atoms with Crippen molar-refractivity contribution in [1.82, 2.24) is 4.90 Å². The van der Waals surface area contributed by atoms with E-state index in [1.807, 2.05) is 0 Å². The smallest absolute Gasteiger partial charge is 0.0558 e. The highest BCUT2D eigenvalue weighted by atomic mass is 16.3. The van der Waals surface area contributed by atoms with E-state index < -0.39 is 0 Å². The number of hydrogen-bond acceptors (Lipinski definition) is 2. The molecule has 0 heterocycles. The molecule has 0 aromatic carbocycles. The van der Waals surface area contributed by atoms with E-state index in [9.17, 15) is 0 Å². The Bertz CT molecular complexity index is 184. The molecule has 0 spiro atoms. The second-order valence-corrected chi connectivity index (χ2v) is 6.62. The predicted molar refractivity (Wildman–Crippen MR) is 94.9 cm³/mol. The SMILES string of the molecule is CCCCCCCCCCCCCCCCN(C)CCO. The summed E-state index contributed by atoms with van der Waals surface area (Å²) in [6, 6.07) is 0. The maximum atomic E-state index is 8.81. The lowest BCUT2D eigenvalue weighted by molar-refractivity contribution is 0.219. The quantitative estimate of drug-likeness (QED) is 0.364. The summed E-state index contributed by atoms with van der Waals surface area (Å²) in [7, 11) is 2.10. The van der Waals surface area contributed by atoms with Gasteiger partial charge in [-0.15, -0.1) is 0 Å². The summed E-state index contributed by atoms with van der Waals surface area (Å²) >= 11 is 0. The number of nitrogens with zero attached hydrogens (tertiary/aromatic N) is 1. The fourth-order valence-electron chi connectivity index (χ4n) is 2.86. The van der Waals surface area contributed by atoms with Gasteiger partial charge >= 0.3 is 0 Å². The molecule has 0 aromatic rings. The van der Waals surface area contributed by atoms with Crippen molar-refractivity contribution in [3.63, 3.8) is 0 Å². The van der Waals surface area contributed by atoms with Gasteiger partial charge < -0.3 is 10.0 Å². The van der Waals surface area contributed by atoms with Crippen LogP contribution in [0.25, 0.3) is 0 Å². The Labute approximate surface area is 134 Å². The average molecular weight is 300 g/mol. The van der Waals surface area contributed by atoms with Gasteiger partial charge in [-0.1, -0.05) is 90.4 Å². The zero-order chi connectivity index (χ0) is 15.6. The summed E-state index contributed by atoms with van der Waals surface area (Å²) in [6.45, 7) is 4.53. The van der Waals surface area contributed by atoms with Gasteiger partial charge in [0.2, 0.25) is 0 Å². The van der Waals surface area contributed by atoms with Crippen molar-refractivity contribution in [2.75, 3.05) is 26.7 Å². The lowest BCUT2D eigenvalue weighted by Crippen LogP contribution is -2.23. The molecule has 0 fully saturated rings. The highest BCUT2D eigenvalue weighted by molar-refractivity contribution is 4.52. The molecule has 0 saturated carbocycles. The van der Waals surface area contributed by atoms with Crippen LogP contribution in [-0.4, -0.2) is 36.8 Å². The number of aliphatic hydroxyl groups is 1. The maximum Gasteiger partial charge on any atom is 0.0558 e. The highest BCUT2D eigenvalue weighted by Gasteiger charge is 1.97. The van der Waals surface area contributed by atoms with Crippen molar-refractivity contribution >= 4 is 0 Å². The fraction of sp³-hybridized carbons (Fsp3) is 1.00. The maximum absolute atomic E-state index is 8.81. The van der Waals surface area contributed by atoms with Gasteiger partial charge in [0.15, 0.2) is 0 Å². The molecular weight excluding hydrogens is 258 g/mol. The molecule has 0 unspecified atom stereocenters. The number of aliphatic hydroxyl groups excluding tert-OH is 1. The van der Waals surface area contributed by atoms with Gasteiger partial charge in [-0.2, -0.15) is 0 Å². The molecule has 0 aromatic heterocycles. The number of rotatable bonds is 17. The molecule has 0 aliphatic carbocycles. The third-order valence-electron chi connectivity index (χ3n) is 4.38. The van der Waals surface area contributed by atoms with Crippen molar-refractivity contribution in [2.45, 2.75) is 96.8 Å². The minimum atomic E-state index is 0.287. The lowest BCUT2D eigenvalue weighted by atomic mass is 10.0. The zero-order valence-electron chi connectivity index (χ0n) is 14.9. The van der Waals surface area contributed by atoms with Gasteiger partial charge in [0.25, 0.3) is 0 Å². The molecule has 0 bridgehead atoms. The highest BCUT2D eigenvalue weighted by Crippen LogP contribution is 2.12. The molecular formula is C19H41NO. The zero-order valence-corrected chi connectivity index (χ0v) is 14.9. The Morgan fingerprint density at radius 3 is 1.33 bits per heavy atom. The molecule has 0 aliphatic heterocycles. The van der Waals surface area contributed by atoms with Crippen molar-refractivity contribution in [3.8, 4) is 0 Å². The molecule has 0 rings (SSSR count). The van der Waals surface area contributed by atoms with Crippen LogP contribution in [0.5, 0.6) is 0 Å². The molecule has 0 saturated heterocycles. The lowest BCUT2D eigenvalue weighted by Gasteiger charge is -2.14. The van der Waals surface area contributed by atoms with E-state index in [0.717, 1.165) is 13.1 Å². The van der Waals surface area contributed by atoms with Gasteiger partial charge in [-0.25, -0.2) is 0 Å². The summed E-state index contributed by atoms with van der Waals surface area (Å²) in [5.74, 6) is 0. The second kappa shape index (κ2) is 18.0. The average Bonchev–Trinajstić information content (AvgIpc) is 2.48. The molecule has 2 nitrogen and oxygen atoms in total. The molecule has 21 heavy (non-hydrogen) atoms. The Morgan fingerprint density at radius 1 is 0.571 bits per heavy atom. The Kier molecular flexibility index (Phi) is 17.9. The van der Waals surface area contributed by atoms with Crippen LogP contribution in [0.1, 0.15) is 96.8 Å². The standard InChI is InChI=1S/C19H41NO/c1-3-4-5-6-7-8-9-10-11-12-13-14-15-16-17-20(2)18-19-21/h21H,3-19H2,1-2H3. The molecule has 1 N–H and O–H groups in total. The van der Waals surface area contributed by atoms with Gasteiger partial charge in [0.1, 0.15) is 0 Å². The Morgan fingerprint density at radius 2 is 0.952 bits per heavy atom. The van der Waals surface area contributed by atoms with Crippen molar-refractivity contribution in [2.24, 2.45) is 0 Å². The van der Waals surface area contributed by atoms with E-state index >= 15 is 0 Å². The van der Waals surface area contributed by atoms with E-state index in [0.29, 0.717) is 0 Å². The monoisotopic (exact) mass is 299 g/mol. The molecule has 0 atom stereocenters. The van der Waals surface area contributed by atoms with Crippen LogP contribution >= 0.6 is 0 Å². The van der Waals surface area contributed by atoms with Crippen molar-refractivity contribution < 1.29 is 5.11 Å². The molecule has 0 aliphatic rings. The third-order valence-corrected chi connectivity index (χ3v) is 4.38. The first-order chi connectivity index (χ1) is 10.3. The van der Waals surface area contributed by atoms with E-state index in [1.54, 1.807) is 0 Å². The summed E-state index contributed by atoms with van der Waals surface area (Å²) in [5, 5.41) is 8.81. The summed E-state index contributed by atoms with van der Waals surface area (Å²) in [5.41, 5.74) is 0. The van der Waals surface area contributed by atoms with E-state index in [-0.39, 0.29) is 6.61 Å². The Hall–Kier alpha value is -0.0800. The molecule has 0 radical (unpaired) electrons. The first kappa shape index (κ1) is 20.9. The Balaban J connectivity index is 2.99. The van der Waals surface area contributed by atoms with Gasteiger partial charge in [-0.05, 0) is 20.0 Å². The summed E-state index contributed by atoms with van der Waals surface area (Å²) in [4.78, 5) is 2.22. The van der Waals surface area contributed by atoms with E-state index in [4.69, 9.17) is 5.11 Å². The summed E-state index contributed by atoms with van der Waals surface area (Å²) in [6.07, 6.45) is 19.8. The van der Waals surface area contributed by atoms with Crippen LogP contribution in [0.4, 0.5) is 0 Å². The third kappa shape index (κ3) is 17.9. The van der Waals surface area contributed by atoms with Crippen LogP contribution in [0.15, 0.2) is 0 Å². The normalized spacial score (nSPS) is 11.4. The van der Waals surface area contributed by atoms with Crippen LogP contribution in [0.2, 0.25) is 0 Å². The number of unbranched alkanes of at least 4 members (excludes halogenated alkanes) is 13. The van der Waals surface area contributed by atoms with Crippen LogP contribution < -0.4 is 0 Å². The molecule has 0 amide bonds. The van der Waals surface area contributed by atoms with Crippen molar-refractivity contribution in [3.05, 3.63) is 0 Å². The molecule has 128 valence electrons. The first-order valence-electron chi connectivity index (χ1n) is 9.60. The second-order valence-electron chi connectivity index (χ2n) is 6.62. The van der Waals surface area contributed by atoms with Crippen LogP contribution in [-0.2, 0) is 0 Å². The van der Waals surface area contributed by atoms with Crippen LogP contribution in [0.3, 0.4) is 0 Å². The predicted octanol–water partition coefficient (Wildman–Crippen LogP) is 5.39. The topological polar surface area (TPSA) is 23.5 Å². The van der Waals surface area contributed by atoms with Gasteiger partial charge in [0.05, 0.1) is 6.61 Å². The van der Waals surface area contributed by atoms with Crippen LogP contribution in [0, 0.1) is 0 Å². The first-order valence-corrected chi connectivity index (χ1v) is 9.60. The largest absolute Gasteiger partial charge is 0.395 e.